The highest BCUT2D eigenvalue weighted by atomic mass is 31.2. The maximum atomic E-state index is 10.1. The fourth-order valence-electron chi connectivity index (χ4n) is 0.668. The summed E-state index contributed by atoms with van der Waals surface area (Å²) in [6.07, 6.45) is -0.598. The highest BCUT2D eigenvalue weighted by molar-refractivity contribution is 7.51. The molecule has 98 valence electrons. The summed E-state index contributed by atoms with van der Waals surface area (Å²) in [5.74, 6) is -0.0940. The summed E-state index contributed by atoms with van der Waals surface area (Å²) in [5, 5.41) is 16.2. The van der Waals surface area contributed by atoms with E-state index in [2.05, 4.69) is 20.5 Å². The molecule has 1 aromatic rings. The molecule has 0 amide bonds. The zero-order valence-corrected chi connectivity index (χ0v) is 9.89. The van der Waals surface area contributed by atoms with Crippen LogP contribution < -0.4 is 11.1 Å². The number of aryl methyl sites for hydroxylation is 1. The van der Waals surface area contributed by atoms with Crippen molar-refractivity contribution in [1.29, 1.82) is 0 Å². The minimum Gasteiger partial charge on any atom is -0.480 e. The van der Waals surface area contributed by atoms with Gasteiger partial charge < -0.3 is 20.6 Å². The van der Waals surface area contributed by atoms with Crippen molar-refractivity contribution in [3.8, 4) is 0 Å². The first-order valence-electron chi connectivity index (χ1n) is 4.32. The molecular formula is C6H14N5O5P. The Hall–Kier alpha value is -1.48. The number of nitrogens with zero attached hydrogens (tertiary/aromatic N) is 2. The molecule has 7 N–H and O–H groups in total. The highest BCUT2D eigenvalue weighted by Crippen LogP contribution is 2.31. The van der Waals surface area contributed by atoms with E-state index < -0.39 is 26.4 Å². The van der Waals surface area contributed by atoms with Crippen LogP contribution in [0.25, 0.3) is 0 Å². The predicted molar refractivity (Wildman–Crippen MR) is 58.1 cm³/mol. The summed E-state index contributed by atoms with van der Waals surface area (Å²) >= 11 is 0. The Balaban J connectivity index is 0.000000318. The minimum absolute atomic E-state index is 0.303. The average Bonchev–Trinajstić information content (AvgIpc) is 2.47. The average molecular weight is 267 g/mol. The Labute approximate surface area is 96.4 Å². The molecule has 0 bridgehead atoms. The third-order valence-corrected chi connectivity index (χ3v) is 1.84. The Morgan fingerprint density at radius 3 is 2.41 bits per heavy atom. The molecule has 11 heteroatoms. The van der Waals surface area contributed by atoms with Crippen LogP contribution >= 0.6 is 7.60 Å². The van der Waals surface area contributed by atoms with Gasteiger partial charge in [0.1, 0.15) is 5.82 Å². The topological polar surface area (TPSA) is 174 Å². The van der Waals surface area contributed by atoms with Crippen molar-refractivity contribution in [3.63, 3.8) is 0 Å². The van der Waals surface area contributed by atoms with Gasteiger partial charge in [-0.15, -0.1) is 5.10 Å². The van der Waals surface area contributed by atoms with Gasteiger partial charge in [-0.3, -0.25) is 19.8 Å². The minimum atomic E-state index is -4.10. The lowest BCUT2D eigenvalue weighted by Crippen LogP contribution is -2.23. The zero-order valence-electron chi connectivity index (χ0n) is 8.99. The van der Waals surface area contributed by atoms with Crippen LogP contribution in [0.4, 0.5) is 5.95 Å². The second-order valence-corrected chi connectivity index (χ2v) is 4.57. The van der Waals surface area contributed by atoms with Gasteiger partial charge >= 0.3 is 13.6 Å². The van der Waals surface area contributed by atoms with Crippen LogP contribution in [0.1, 0.15) is 5.82 Å². The summed E-state index contributed by atoms with van der Waals surface area (Å²) in [6.45, 7) is 1.36. The number of nitrogens with two attached hydrogens (primary N) is 1. The second kappa shape index (κ2) is 6.97. The van der Waals surface area contributed by atoms with Gasteiger partial charge in [-0.2, -0.15) is 4.98 Å². The van der Waals surface area contributed by atoms with Crippen LogP contribution in [0.2, 0.25) is 0 Å². The molecule has 0 unspecified atom stereocenters. The monoisotopic (exact) mass is 267 g/mol. The van der Waals surface area contributed by atoms with Gasteiger partial charge in [0.2, 0.25) is 5.95 Å². The van der Waals surface area contributed by atoms with Crippen molar-refractivity contribution in [2.24, 2.45) is 0 Å². The third kappa shape index (κ3) is 10.8. The number of aromatic amines is 1. The molecule has 17 heavy (non-hydrogen) atoms. The van der Waals surface area contributed by atoms with E-state index in [0.717, 1.165) is 5.82 Å². The molecule has 1 rings (SSSR count). The van der Waals surface area contributed by atoms with E-state index in [9.17, 15) is 9.36 Å². The smallest absolute Gasteiger partial charge is 0.339 e. The number of anilines is 1. The molecular weight excluding hydrogens is 253 g/mol. The molecule has 0 atom stereocenters. The van der Waals surface area contributed by atoms with Crippen LogP contribution in [-0.4, -0.2) is 48.9 Å². The van der Waals surface area contributed by atoms with E-state index in [4.69, 9.17) is 20.6 Å². The molecule has 0 aliphatic rings. The first kappa shape index (κ1) is 15.5. The molecule has 0 aliphatic carbocycles. The first-order chi connectivity index (χ1) is 7.70. The van der Waals surface area contributed by atoms with Crippen LogP contribution in [0.3, 0.4) is 0 Å². The van der Waals surface area contributed by atoms with E-state index in [1.807, 2.05) is 0 Å². The maximum Gasteiger partial charge on any atom is 0.339 e. The second-order valence-electron chi connectivity index (χ2n) is 2.92. The molecule has 0 spiro atoms. The SMILES string of the molecule is Cc1nc(N)n[nH]1.O=C(O)CNCP(=O)(O)O. The fraction of sp³-hybridized carbons (Fsp3) is 0.500. The number of hydrogen-bond donors (Lipinski definition) is 6. The Kier molecular flexibility index (Phi) is 6.36. The van der Waals surface area contributed by atoms with Gasteiger partial charge in [-0.1, -0.05) is 0 Å². The van der Waals surface area contributed by atoms with Crippen LogP contribution in [0.5, 0.6) is 0 Å². The van der Waals surface area contributed by atoms with Crippen molar-refractivity contribution >= 4 is 19.5 Å². The summed E-state index contributed by atoms with van der Waals surface area (Å²) in [7, 11) is -4.10. The van der Waals surface area contributed by atoms with Gasteiger partial charge in [0.05, 0.1) is 12.8 Å². The maximum absolute atomic E-state index is 10.1. The van der Waals surface area contributed by atoms with Crippen molar-refractivity contribution in [3.05, 3.63) is 5.82 Å². The van der Waals surface area contributed by atoms with Gasteiger partial charge in [0.25, 0.3) is 0 Å². The van der Waals surface area contributed by atoms with Crippen molar-refractivity contribution in [2.75, 3.05) is 18.6 Å². The third-order valence-electron chi connectivity index (χ3n) is 1.21. The molecule has 1 aromatic heterocycles. The number of aliphatic carboxylic acids is 1. The van der Waals surface area contributed by atoms with Gasteiger partial charge in [-0.05, 0) is 6.92 Å². The molecule has 1 heterocycles. The normalized spacial score (nSPS) is 10.5. The van der Waals surface area contributed by atoms with Crippen LogP contribution in [0.15, 0.2) is 0 Å². The quantitative estimate of drug-likeness (QED) is 0.354. The lowest BCUT2D eigenvalue weighted by molar-refractivity contribution is -0.135. The summed E-state index contributed by atoms with van der Waals surface area (Å²) < 4.78 is 10.1. The molecule has 0 radical (unpaired) electrons. The van der Waals surface area contributed by atoms with E-state index in [0.29, 0.717) is 5.95 Å². The lowest BCUT2D eigenvalue weighted by Gasteiger charge is -2.02. The Bertz CT molecular complexity index is 385. The number of carboxylic acid groups (broad SMARTS) is 1. The van der Waals surface area contributed by atoms with Crippen molar-refractivity contribution in [1.82, 2.24) is 20.5 Å². The molecule has 0 saturated heterocycles. The number of rotatable bonds is 4. The number of nitrogens with one attached hydrogen (secondary N) is 2. The molecule has 0 aliphatic heterocycles. The van der Waals surface area contributed by atoms with E-state index in [-0.39, 0.29) is 0 Å². The van der Waals surface area contributed by atoms with E-state index in [1.54, 1.807) is 6.92 Å². The van der Waals surface area contributed by atoms with Crippen molar-refractivity contribution in [2.45, 2.75) is 6.92 Å². The Morgan fingerprint density at radius 2 is 2.18 bits per heavy atom. The number of carbonyl (C=O) groups is 1. The van der Waals surface area contributed by atoms with E-state index >= 15 is 0 Å². The molecule has 0 fully saturated rings. The number of nitrogen functional groups attached to an aromatic ring is 1. The predicted octanol–water partition coefficient (Wildman–Crippen LogP) is -1.51. The molecule has 10 nitrogen and oxygen atoms in total. The fourth-order valence-corrected chi connectivity index (χ4v) is 1.07. The first-order valence-corrected chi connectivity index (χ1v) is 6.12. The molecule has 0 saturated carbocycles. The standard InChI is InChI=1S/C3H6N4.C3H8NO5P/c1-2-5-3(4)7-6-2;5-3(6)1-4-2-10(7,8)9/h1H3,(H3,4,5,6,7);4H,1-2H2,(H,5,6)(H2,7,8,9). The number of carboxylic acids is 1. The van der Waals surface area contributed by atoms with Gasteiger partial charge in [-0.25, -0.2) is 0 Å². The molecule has 0 aromatic carbocycles. The summed E-state index contributed by atoms with van der Waals surface area (Å²) in [6, 6.07) is 0. The zero-order chi connectivity index (χ0) is 13.5. The highest BCUT2D eigenvalue weighted by Gasteiger charge is 2.11. The van der Waals surface area contributed by atoms with Crippen LogP contribution in [0, 0.1) is 6.92 Å². The van der Waals surface area contributed by atoms with Gasteiger partial charge in [0.15, 0.2) is 0 Å². The Morgan fingerprint density at radius 1 is 1.59 bits per heavy atom. The lowest BCUT2D eigenvalue weighted by atomic mass is 10.7. The van der Waals surface area contributed by atoms with Gasteiger partial charge in [0, 0.05) is 0 Å². The number of hydrogen-bond acceptors (Lipinski definition) is 6. The number of aromatic nitrogens is 3. The summed E-state index contributed by atoms with van der Waals surface area (Å²) in [4.78, 5) is 29.9. The van der Waals surface area contributed by atoms with Crippen LogP contribution in [-0.2, 0) is 9.36 Å². The summed E-state index contributed by atoms with van der Waals surface area (Å²) in [5.41, 5.74) is 5.13. The number of H-pyrrole nitrogens is 1. The van der Waals surface area contributed by atoms with Crippen molar-refractivity contribution < 1.29 is 24.3 Å². The largest absolute Gasteiger partial charge is 0.480 e. The van der Waals surface area contributed by atoms with E-state index in [1.165, 1.54) is 0 Å².